The summed E-state index contributed by atoms with van der Waals surface area (Å²) in [6.07, 6.45) is 2.09. The van der Waals surface area contributed by atoms with Gasteiger partial charge in [-0.15, -0.1) is 11.3 Å². The number of halogens is 2. The molecule has 3 heterocycles. The van der Waals surface area contributed by atoms with Gasteiger partial charge in [0, 0.05) is 18.3 Å². The molecule has 1 aliphatic heterocycles. The maximum absolute atomic E-state index is 13.4. The highest BCUT2D eigenvalue weighted by Gasteiger charge is 2.25. The van der Waals surface area contributed by atoms with E-state index < -0.39 is 10.0 Å². The first-order valence-corrected chi connectivity index (χ1v) is 15.1. The fraction of sp³-hybridized carbons (Fsp3) is 0.259. The van der Waals surface area contributed by atoms with Crippen molar-refractivity contribution in [1.29, 1.82) is 0 Å². The van der Waals surface area contributed by atoms with Crippen molar-refractivity contribution >= 4 is 54.7 Å². The normalized spacial score (nSPS) is 17.1. The molecule has 39 heavy (non-hydrogen) atoms. The minimum atomic E-state index is -3.25. The van der Waals surface area contributed by atoms with Crippen LogP contribution in [0.25, 0.3) is 10.2 Å². The van der Waals surface area contributed by atoms with E-state index in [1.807, 2.05) is 12.1 Å². The molecule has 1 fully saturated rings. The molecular formula is C27H25ClFN5O3S2. The molecule has 0 saturated carbocycles. The number of nitrogens with one attached hydrogen (secondary N) is 3. The van der Waals surface area contributed by atoms with Crippen molar-refractivity contribution in [3.05, 3.63) is 76.1 Å². The van der Waals surface area contributed by atoms with Crippen molar-refractivity contribution in [2.24, 2.45) is 0 Å². The van der Waals surface area contributed by atoms with Crippen LogP contribution >= 0.6 is 22.9 Å². The minimum Gasteiger partial charge on any atom is -0.487 e. The Morgan fingerprint density at radius 3 is 2.90 bits per heavy atom. The molecule has 5 rings (SSSR count). The largest absolute Gasteiger partial charge is 0.487 e. The van der Waals surface area contributed by atoms with Crippen molar-refractivity contribution < 1.29 is 17.5 Å². The number of rotatable bonds is 8. The number of thiophene rings is 1. The topological polar surface area (TPSA) is 105 Å². The van der Waals surface area contributed by atoms with Crippen LogP contribution in [-0.4, -0.2) is 42.8 Å². The SMILES string of the molecule is CCS(=O)(=O)N[C@@H]1CNC(C#Cc2cc3ncnc(Nc4ccc(OCc5cccc(F)c5)c(Cl)c4)c3s2)C1. The molecule has 0 aliphatic carbocycles. The van der Waals surface area contributed by atoms with E-state index in [1.165, 1.54) is 29.8 Å². The predicted molar refractivity (Wildman–Crippen MR) is 153 cm³/mol. The highest BCUT2D eigenvalue weighted by molar-refractivity contribution is 7.89. The summed E-state index contributed by atoms with van der Waals surface area (Å²) in [7, 11) is -3.25. The van der Waals surface area contributed by atoms with E-state index in [0.29, 0.717) is 35.1 Å². The number of ether oxygens (including phenoxy) is 1. The van der Waals surface area contributed by atoms with E-state index in [1.54, 1.807) is 31.2 Å². The van der Waals surface area contributed by atoms with Gasteiger partial charge in [-0.1, -0.05) is 35.6 Å². The van der Waals surface area contributed by atoms with Gasteiger partial charge in [0.2, 0.25) is 10.0 Å². The summed E-state index contributed by atoms with van der Waals surface area (Å²) in [5.74, 6) is 7.22. The molecule has 1 unspecified atom stereocenters. The number of hydrogen-bond acceptors (Lipinski definition) is 8. The zero-order chi connectivity index (χ0) is 27.4. The molecule has 1 saturated heterocycles. The molecule has 0 amide bonds. The van der Waals surface area contributed by atoms with Crippen LogP contribution in [-0.2, 0) is 16.6 Å². The molecule has 202 valence electrons. The van der Waals surface area contributed by atoms with E-state index in [0.717, 1.165) is 20.8 Å². The second kappa shape index (κ2) is 11.9. The molecule has 1 aliphatic rings. The fourth-order valence-electron chi connectivity index (χ4n) is 4.06. The van der Waals surface area contributed by atoms with Gasteiger partial charge in [-0.05, 0) is 55.3 Å². The monoisotopic (exact) mass is 585 g/mol. The summed E-state index contributed by atoms with van der Waals surface area (Å²) in [6, 6.07) is 13.2. The highest BCUT2D eigenvalue weighted by atomic mass is 35.5. The lowest BCUT2D eigenvalue weighted by Gasteiger charge is -2.11. The lowest BCUT2D eigenvalue weighted by Crippen LogP contribution is -2.37. The first-order chi connectivity index (χ1) is 18.8. The van der Waals surface area contributed by atoms with Gasteiger partial charge in [-0.3, -0.25) is 0 Å². The number of benzene rings is 2. The van der Waals surface area contributed by atoms with Crippen LogP contribution in [0.15, 0.2) is 54.9 Å². The van der Waals surface area contributed by atoms with Crippen molar-refractivity contribution in [3.63, 3.8) is 0 Å². The van der Waals surface area contributed by atoms with Gasteiger partial charge in [0.25, 0.3) is 0 Å². The van der Waals surface area contributed by atoms with Crippen molar-refractivity contribution in [1.82, 2.24) is 20.0 Å². The summed E-state index contributed by atoms with van der Waals surface area (Å²) >= 11 is 7.91. The Kier molecular flexibility index (Phi) is 8.30. The molecule has 4 aromatic rings. The van der Waals surface area contributed by atoms with Crippen molar-refractivity contribution in [2.45, 2.75) is 32.0 Å². The van der Waals surface area contributed by atoms with Crippen LogP contribution in [0.4, 0.5) is 15.9 Å². The Morgan fingerprint density at radius 1 is 1.23 bits per heavy atom. The maximum atomic E-state index is 13.4. The molecule has 8 nitrogen and oxygen atoms in total. The second-order valence-corrected chi connectivity index (χ2v) is 12.4. The van der Waals surface area contributed by atoms with Crippen LogP contribution in [0.5, 0.6) is 5.75 Å². The Hall–Kier alpha value is -3.27. The molecular weight excluding hydrogens is 561 g/mol. The summed E-state index contributed by atoms with van der Waals surface area (Å²) in [6.45, 7) is 2.35. The molecule has 12 heteroatoms. The zero-order valence-corrected chi connectivity index (χ0v) is 23.3. The quantitative estimate of drug-likeness (QED) is 0.254. The lowest BCUT2D eigenvalue weighted by atomic mass is 10.2. The Morgan fingerprint density at radius 2 is 2.10 bits per heavy atom. The fourth-order valence-corrected chi connectivity index (χ4v) is 6.06. The molecule has 2 aromatic heterocycles. The number of nitrogens with zero attached hydrogens (tertiary/aromatic N) is 2. The van der Waals surface area contributed by atoms with Gasteiger partial charge >= 0.3 is 0 Å². The third-order valence-corrected chi connectivity index (χ3v) is 8.81. The van der Waals surface area contributed by atoms with Crippen LogP contribution in [0.3, 0.4) is 0 Å². The first-order valence-electron chi connectivity index (χ1n) is 12.2. The maximum Gasteiger partial charge on any atom is 0.211 e. The second-order valence-electron chi connectivity index (χ2n) is 8.92. The number of fused-ring (bicyclic) bond motifs is 1. The highest BCUT2D eigenvalue weighted by Crippen LogP contribution is 2.33. The molecule has 2 aromatic carbocycles. The summed E-state index contributed by atoms with van der Waals surface area (Å²) < 4.78 is 46.3. The summed E-state index contributed by atoms with van der Waals surface area (Å²) in [4.78, 5) is 9.58. The summed E-state index contributed by atoms with van der Waals surface area (Å²) in [5, 5.41) is 6.95. The van der Waals surface area contributed by atoms with Crippen LogP contribution in [0, 0.1) is 17.7 Å². The smallest absolute Gasteiger partial charge is 0.211 e. The van der Waals surface area contributed by atoms with E-state index in [2.05, 4.69) is 37.2 Å². The van der Waals surface area contributed by atoms with Gasteiger partial charge in [-0.25, -0.2) is 27.5 Å². The number of hydrogen-bond donors (Lipinski definition) is 3. The molecule has 2 atom stereocenters. The Bertz CT molecular complexity index is 1670. The van der Waals surface area contributed by atoms with E-state index in [4.69, 9.17) is 16.3 Å². The van der Waals surface area contributed by atoms with E-state index in [9.17, 15) is 12.8 Å². The molecule has 3 N–H and O–H groups in total. The predicted octanol–water partition coefficient (Wildman–Crippen LogP) is 4.83. The minimum absolute atomic E-state index is 0.0553. The van der Waals surface area contributed by atoms with E-state index in [-0.39, 0.29) is 30.3 Å². The van der Waals surface area contributed by atoms with Crippen LogP contribution in [0.1, 0.15) is 23.8 Å². The zero-order valence-electron chi connectivity index (χ0n) is 20.9. The first kappa shape index (κ1) is 27.3. The van der Waals surface area contributed by atoms with Gasteiger partial charge in [0.1, 0.15) is 24.5 Å². The lowest BCUT2D eigenvalue weighted by molar-refractivity contribution is 0.306. The van der Waals surface area contributed by atoms with Crippen LogP contribution in [0.2, 0.25) is 5.02 Å². The number of sulfonamides is 1. The van der Waals surface area contributed by atoms with Crippen molar-refractivity contribution in [3.8, 4) is 17.6 Å². The van der Waals surface area contributed by atoms with E-state index >= 15 is 0 Å². The standard InChI is InChI=1S/C27H25ClFN5O3S2/c1-2-39(35,36)34-21-11-19(30-14-21)6-8-22-13-24-26(38-22)27(32-16-31-24)33-20-7-9-25(23(28)12-20)37-15-17-4-3-5-18(29)10-17/h3-5,7,9-10,12-13,16,19,21,30,34H,2,11,14-15H2,1H3,(H,31,32,33)/t19?,21-/m0/s1. The molecule has 0 spiro atoms. The van der Waals surface area contributed by atoms with Crippen molar-refractivity contribution in [2.75, 3.05) is 17.6 Å². The molecule has 0 radical (unpaired) electrons. The average Bonchev–Trinajstić information content (AvgIpc) is 3.54. The third kappa shape index (κ3) is 7.03. The Labute approximate surface area is 235 Å². The molecule has 0 bridgehead atoms. The van der Waals surface area contributed by atoms with Gasteiger partial charge in [0.05, 0.1) is 31.9 Å². The summed E-state index contributed by atoms with van der Waals surface area (Å²) in [5.41, 5.74) is 2.18. The number of anilines is 2. The third-order valence-electron chi connectivity index (χ3n) is 6.02. The van der Waals surface area contributed by atoms with Gasteiger partial charge < -0.3 is 15.4 Å². The average molecular weight is 586 g/mol. The van der Waals surface area contributed by atoms with Crippen LogP contribution < -0.4 is 20.1 Å². The van der Waals surface area contributed by atoms with Gasteiger partial charge in [0.15, 0.2) is 5.82 Å². The Balaban J connectivity index is 1.25. The number of aromatic nitrogens is 2. The van der Waals surface area contributed by atoms with Gasteiger partial charge in [-0.2, -0.15) is 0 Å².